The van der Waals surface area contributed by atoms with E-state index in [-0.39, 0.29) is 11.6 Å². The second-order valence-electron chi connectivity index (χ2n) is 3.17. The second kappa shape index (κ2) is 5.23. The van der Waals surface area contributed by atoms with Crippen LogP contribution in [0.3, 0.4) is 0 Å². The van der Waals surface area contributed by atoms with Crippen molar-refractivity contribution >= 4 is 10.0 Å². The third-order valence-corrected chi connectivity index (χ3v) is 3.43. The maximum absolute atomic E-state index is 12.5. The SMILES string of the molecule is CCS(=O)(=O)NCCc1ccc(F)cc1. The van der Waals surface area contributed by atoms with E-state index in [9.17, 15) is 12.8 Å². The Hall–Kier alpha value is -0.940. The fraction of sp³-hybridized carbons (Fsp3) is 0.400. The number of hydrogen-bond donors (Lipinski definition) is 1. The van der Waals surface area contributed by atoms with Crippen molar-refractivity contribution in [3.8, 4) is 0 Å². The molecule has 84 valence electrons. The van der Waals surface area contributed by atoms with Crippen LogP contribution in [0.2, 0.25) is 0 Å². The smallest absolute Gasteiger partial charge is 0.211 e. The van der Waals surface area contributed by atoms with Crippen LogP contribution >= 0.6 is 0 Å². The highest BCUT2D eigenvalue weighted by molar-refractivity contribution is 7.89. The standard InChI is InChI=1S/C10H14FNO2S/c1-2-15(13,14)12-8-7-9-3-5-10(11)6-4-9/h3-6,12H,2,7-8H2,1H3. The number of sulfonamides is 1. The van der Waals surface area contributed by atoms with E-state index < -0.39 is 10.0 Å². The summed E-state index contributed by atoms with van der Waals surface area (Å²) in [5.41, 5.74) is 0.912. The van der Waals surface area contributed by atoms with E-state index >= 15 is 0 Å². The van der Waals surface area contributed by atoms with Crippen LogP contribution in [0.1, 0.15) is 12.5 Å². The van der Waals surface area contributed by atoms with E-state index in [1.807, 2.05) is 0 Å². The van der Waals surface area contributed by atoms with Crippen LogP contribution in [0.5, 0.6) is 0 Å². The van der Waals surface area contributed by atoms with E-state index in [0.717, 1.165) is 5.56 Å². The minimum Gasteiger partial charge on any atom is -0.215 e. The average Bonchev–Trinajstić information content (AvgIpc) is 2.21. The number of hydrogen-bond acceptors (Lipinski definition) is 2. The molecule has 0 saturated heterocycles. The molecule has 1 aromatic carbocycles. The van der Waals surface area contributed by atoms with E-state index in [0.29, 0.717) is 13.0 Å². The normalized spacial score (nSPS) is 11.6. The predicted octanol–water partition coefficient (Wildman–Crippen LogP) is 1.31. The van der Waals surface area contributed by atoms with Gasteiger partial charge in [-0.1, -0.05) is 12.1 Å². The zero-order valence-electron chi connectivity index (χ0n) is 8.53. The Labute approximate surface area is 89.4 Å². The molecule has 0 atom stereocenters. The number of halogens is 1. The quantitative estimate of drug-likeness (QED) is 0.830. The summed E-state index contributed by atoms with van der Waals surface area (Å²) in [6, 6.07) is 6.03. The highest BCUT2D eigenvalue weighted by Crippen LogP contribution is 2.02. The van der Waals surface area contributed by atoms with Gasteiger partial charge in [0.2, 0.25) is 10.0 Å². The van der Waals surface area contributed by atoms with Gasteiger partial charge in [0.15, 0.2) is 0 Å². The zero-order chi connectivity index (χ0) is 11.3. The molecular weight excluding hydrogens is 217 g/mol. The summed E-state index contributed by atoms with van der Waals surface area (Å²) in [7, 11) is -3.12. The molecule has 0 aliphatic rings. The van der Waals surface area contributed by atoms with Crippen LogP contribution in [0.25, 0.3) is 0 Å². The molecule has 1 N–H and O–H groups in total. The summed E-state index contributed by atoms with van der Waals surface area (Å²) < 4.78 is 37.1. The molecule has 0 fully saturated rings. The Morgan fingerprint density at radius 2 is 1.87 bits per heavy atom. The van der Waals surface area contributed by atoms with Crippen molar-refractivity contribution in [3.63, 3.8) is 0 Å². The summed E-state index contributed by atoms with van der Waals surface area (Å²) >= 11 is 0. The number of rotatable bonds is 5. The van der Waals surface area contributed by atoms with Crippen LogP contribution in [0, 0.1) is 5.82 Å². The van der Waals surface area contributed by atoms with Crippen LogP contribution in [-0.4, -0.2) is 20.7 Å². The van der Waals surface area contributed by atoms with Crippen LogP contribution in [-0.2, 0) is 16.4 Å². The largest absolute Gasteiger partial charge is 0.215 e. The van der Waals surface area contributed by atoms with Crippen molar-refractivity contribution in [3.05, 3.63) is 35.6 Å². The van der Waals surface area contributed by atoms with Gasteiger partial charge in [0.25, 0.3) is 0 Å². The van der Waals surface area contributed by atoms with Gasteiger partial charge in [-0.15, -0.1) is 0 Å². The first-order valence-electron chi connectivity index (χ1n) is 4.75. The molecule has 0 saturated carbocycles. The third kappa shape index (κ3) is 4.40. The highest BCUT2D eigenvalue weighted by atomic mass is 32.2. The fourth-order valence-electron chi connectivity index (χ4n) is 1.10. The molecule has 0 spiro atoms. The molecule has 3 nitrogen and oxygen atoms in total. The molecule has 0 heterocycles. The molecule has 0 radical (unpaired) electrons. The van der Waals surface area contributed by atoms with Gasteiger partial charge in [0, 0.05) is 6.54 Å². The monoisotopic (exact) mass is 231 g/mol. The van der Waals surface area contributed by atoms with Gasteiger partial charge < -0.3 is 0 Å². The molecule has 0 bridgehead atoms. The Balaban J connectivity index is 2.42. The van der Waals surface area contributed by atoms with E-state index in [1.165, 1.54) is 12.1 Å². The molecule has 0 amide bonds. The first kappa shape index (κ1) is 12.1. The topological polar surface area (TPSA) is 46.2 Å². The lowest BCUT2D eigenvalue weighted by Crippen LogP contribution is -2.27. The summed E-state index contributed by atoms with van der Waals surface area (Å²) in [5.74, 6) is -0.205. The molecule has 15 heavy (non-hydrogen) atoms. The summed E-state index contributed by atoms with van der Waals surface area (Å²) in [6.07, 6.45) is 0.569. The maximum Gasteiger partial charge on any atom is 0.211 e. The Bertz CT molecular complexity index is 400. The van der Waals surface area contributed by atoms with Gasteiger partial charge >= 0.3 is 0 Å². The van der Waals surface area contributed by atoms with Crippen LogP contribution in [0.15, 0.2) is 24.3 Å². The summed E-state index contributed by atoms with van der Waals surface area (Å²) in [4.78, 5) is 0. The zero-order valence-corrected chi connectivity index (χ0v) is 9.35. The van der Waals surface area contributed by atoms with Gasteiger partial charge in [-0.2, -0.15) is 0 Å². The van der Waals surface area contributed by atoms with Crippen molar-refractivity contribution in [2.24, 2.45) is 0 Å². The van der Waals surface area contributed by atoms with Crippen molar-refractivity contribution in [1.29, 1.82) is 0 Å². The Morgan fingerprint density at radius 3 is 2.40 bits per heavy atom. The molecule has 1 aromatic rings. The lowest BCUT2D eigenvalue weighted by molar-refractivity contribution is 0.582. The predicted molar refractivity (Wildman–Crippen MR) is 57.6 cm³/mol. The number of benzene rings is 1. The minimum absolute atomic E-state index is 0.0798. The first-order valence-corrected chi connectivity index (χ1v) is 6.40. The molecule has 0 aliphatic carbocycles. The lowest BCUT2D eigenvalue weighted by atomic mass is 10.1. The minimum atomic E-state index is -3.12. The molecular formula is C10H14FNO2S. The fourth-order valence-corrected chi connectivity index (χ4v) is 1.72. The third-order valence-electron chi connectivity index (χ3n) is 2.03. The van der Waals surface area contributed by atoms with Gasteiger partial charge in [0.1, 0.15) is 5.82 Å². The van der Waals surface area contributed by atoms with Gasteiger partial charge in [-0.3, -0.25) is 0 Å². The number of nitrogens with one attached hydrogen (secondary N) is 1. The van der Waals surface area contributed by atoms with Gasteiger partial charge in [-0.25, -0.2) is 17.5 Å². The first-order chi connectivity index (χ1) is 7.03. The molecule has 0 unspecified atom stereocenters. The summed E-state index contributed by atoms with van der Waals surface area (Å²) in [5, 5.41) is 0. The molecule has 0 aliphatic heterocycles. The molecule has 0 aromatic heterocycles. The van der Waals surface area contributed by atoms with Crippen molar-refractivity contribution in [1.82, 2.24) is 4.72 Å². The Morgan fingerprint density at radius 1 is 1.27 bits per heavy atom. The van der Waals surface area contributed by atoms with Gasteiger partial charge in [-0.05, 0) is 31.0 Å². The summed E-state index contributed by atoms with van der Waals surface area (Å²) in [6.45, 7) is 1.93. The van der Waals surface area contributed by atoms with Crippen molar-refractivity contribution in [2.45, 2.75) is 13.3 Å². The molecule has 5 heteroatoms. The molecule has 1 rings (SSSR count). The van der Waals surface area contributed by atoms with E-state index in [4.69, 9.17) is 0 Å². The second-order valence-corrected chi connectivity index (χ2v) is 5.27. The maximum atomic E-state index is 12.5. The Kier molecular flexibility index (Phi) is 4.23. The highest BCUT2D eigenvalue weighted by Gasteiger charge is 2.04. The van der Waals surface area contributed by atoms with E-state index in [1.54, 1.807) is 19.1 Å². The van der Waals surface area contributed by atoms with E-state index in [2.05, 4.69) is 4.72 Å². The average molecular weight is 231 g/mol. The van der Waals surface area contributed by atoms with Crippen LogP contribution in [0.4, 0.5) is 4.39 Å². The van der Waals surface area contributed by atoms with Crippen molar-refractivity contribution in [2.75, 3.05) is 12.3 Å². The van der Waals surface area contributed by atoms with Crippen molar-refractivity contribution < 1.29 is 12.8 Å². The van der Waals surface area contributed by atoms with Crippen LogP contribution < -0.4 is 4.72 Å². The van der Waals surface area contributed by atoms with Gasteiger partial charge in [0.05, 0.1) is 5.75 Å². The lowest BCUT2D eigenvalue weighted by Gasteiger charge is -2.04.